The third-order valence-electron chi connectivity index (χ3n) is 3.61. The van der Waals surface area contributed by atoms with Gasteiger partial charge in [0.05, 0.1) is 5.52 Å². The number of nitrogens with one attached hydrogen (secondary N) is 1. The van der Waals surface area contributed by atoms with Crippen molar-refractivity contribution < 1.29 is 4.42 Å². The number of oxazole rings is 1. The highest BCUT2D eigenvalue weighted by Crippen LogP contribution is 2.21. The Balaban J connectivity index is 1.91. The summed E-state index contributed by atoms with van der Waals surface area (Å²) >= 11 is 0. The van der Waals surface area contributed by atoms with Gasteiger partial charge in [0.25, 0.3) is 0 Å². The Morgan fingerprint density at radius 2 is 2.28 bits per heavy atom. The van der Waals surface area contributed by atoms with Gasteiger partial charge in [0.2, 0.25) is 0 Å². The molecule has 2 heterocycles. The number of aryl methyl sites for hydroxylation is 1. The van der Waals surface area contributed by atoms with Crippen LogP contribution < -0.4 is 16.0 Å². The molecule has 1 aromatic carbocycles. The number of rotatable bonds is 3. The zero-order valence-corrected chi connectivity index (χ0v) is 10.6. The smallest absolute Gasteiger partial charge is 0.408 e. The van der Waals surface area contributed by atoms with Gasteiger partial charge >= 0.3 is 5.76 Å². The highest BCUT2D eigenvalue weighted by Gasteiger charge is 2.19. The van der Waals surface area contributed by atoms with E-state index < -0.39 is 0 Å². The molecule has 0 saturated carbocycles. The minimum atomic E-state index is -0.312. The average Bonchev–Trinajstić information content (AvgIpc) is 2.59. The van der Waals surface area contributed by atoms with E-state index in [4.69, 9.17) is 4.42 Å². The van der Waals surface area contributed by atoms with Gasteiger partial charge in [0, 0.05) is 45.3 Å². The molecule has 1 N–H and O–H groups in total. The predicted octanol–water partition coefficient (Wildman–Crippen LogP) is 0.787. The van der Waals surface area contributed by atoms with Gasteiger partial charge in [-0.25, -0.2) is 4.79 Å². The zero-order valence-electron chi connectivity index (χ0n) is 10.6. The van der Waals surface area contributed by atoms with Crippen LogP contribution >= 0.6 is 0 Å². The number of anilines is 1. The van der Waals surface area contributed by atoms with Gasteiger partial charge in [-0.15, -0.1) is 0 Å². The first-order valence-electron chi connectivity index (χ1n) is 6.16. The summed E-state index contributed by atoms with van der Waals surface area (Å²) in [5, 5.41) is 3.27. The molecule has 5 nitrogen and oxygen atoms in total. The monoisotopic (exact) mass is 247 g/mol. The van der Waals surface area contributed by atoms with Crippen LogP contribution in [-0.2, 0) is 7.05 Å². The molecular weight excluding hydrogens is 230 g/mol. The molecule has 1 aromatic heterocycles. The summed E-state index contributed by atoms with van der Waals surface area (Å²) in [4.78, 5) is 13.7. The minimum absolute atomic E-state index is 0.312. The molecule has 5 heteroatoms. The molecule has 0 bridgehead atoms. The van der Waals surface area contributed by atoms with E-state index in [0.717, 1.165) is 36.8 Å². The molecule has 0 atom stereocenters. The van der Waals surface area contributed by atoms with E-state index in [2.05, 4.69) is 17.3 Å². The molecule has 1 fully saturated rings. The molecule has 1 saturated heterocycles. The van der Waals surface area contributed by atoms with Crippen molar-refractivity contribution >= 4 is 16.8 Å². The second-order valence-corrected chi connectivity index (χ2v) is 4.98. The normalized spacial score (nSPS) is 15.9. The van der Waals surface area contributed by atoms with Crippen molar-refractivity contribution in [1.82, 2.24) is 9.88 Å². The third-order valence-corrected chi connectivity index (χ3v) is 3.61. The van der Waals surface area contributed by atoms with E-state index in [1.807, 2.05) is 18.2 Å². The van der Waals surface area contributed by atoms with Crippen LogP contribution in [-0.4, -0.2) is 31.2 Å². The van der Waals surface area contributed by atoms with Crippen molar-refractivity contribution in [2.75, 3.05) is 31.6 Å². The first-order chi connectivity index (χ1) is 8.65. The zero-order chi connectivity index (χ0) is 12.7. The Bertz CT molecular complexity index is 625. The summed E-state index contributed by atoms with van der Waals surface area (Å²) in [6, 6.07) is 5.87. The Labute approximate surface area is 105 Å². The number of nitrogens with zero attached hydrogens (tertiary/aromatic N) is 2. The lowest BCUT2D eigenvalue weighted by atomic mass is 10.0. The third kappa shape index (κ3) is 1.80. The fourth-order valence-electron chi connectivity index (χ4n) is 2.32. The number of fused-ring (bicyclic) bond motifs is 1. The van der Waals surface area contributed by atoms with E-state index in [1.165, 1.54) is 4.57 Å². The quantitative estimate of drug-likeness (QED) is 0.871. The fourth-order valence-corrected chi connectivity index (χ4v) is 2.32. The Kier molecular flexibility index (Phi) is 2.63. The minimum Gasteiger partial charge on any atom is -0.408 e. The van der Waals surface area contributed by atoms with Gasteiger partial charge in [-0.2, -0.15) is 0 Å². The molecule has 1 aliphatic rings. The standard InChI is InChI=1S/C13H17N3O2/c1-15(8-9-6-14-7-9)10-3-4-12-11(5-10)16(2)13(17)18-12/h3-5,9,14H,6-8H2,1-2H3. The molecule has 0 aliphatic carbocycles. The molecule has 2 aromatic rings. The molecule has 96 valence electrons. The van der Waals surface area contributed by atoms with E-state index in [-0.39, 0.29) is 5.76 Å². The Morgan fingerprint density at radius 3 is 2.94 bits per heavy atom. The molecule has 0 unspecified atom stereocenters. The van der Waals surface area contributed by atoms with Crippen molar-refractivity contribution in [2.45, 2.75) is 0 Å². The number of hydrogen-bond donors (Lipinski definition) is 1. The predicted molar refractivity (Wildman–Crippen MR) is 71.1 cm³/mol. The Morgan fingerprint density at radius 1 is 1.50 bits per heavy atom. The lowest BCUT2D eigenvalue weighted by Crippen LogP contribution is -2.47. The summed E-state index contributed by atoms with van der Waals surface area (Å²) in [5.41, 5.74) is 2.60. The van der Waals surface area contributed by atoms with Crippen LogP contribution in [0, 0.1) is 5.92 Å². The first-order valence-corrected chi connectivity index (χ1v) is 6.16. The maximum atomic E-state index is 11.4. The highest BCUT2D eigenvalue weighted by atomic mass is 16.4. The van der Waals surface area contributed by atoms with Crippen molar-refractivity contribution in [3.8, 4) is 0 Å². The second kappa shape index (κ2) is 4.17. The first kappa shape index (κ1) is 11.3. The molecule has 0 radical (unpaired) electrons. The van der Waals surface area contributed by atoms with Crippen molar-refractivity contribution in [2.24, 2.45) is 13.0 Å². The van der Waals surface area contributed by atoms with Crippen LogP contribution in [0.15, 0.2) is 27.4 Å². The van der Waals surface area contributed by atoms with Crippen LogP contribution in [0.5, 0.6) is 0 Å². The number of benzene rings is 1. The Hall–Kier alpha value is -1.75. The summed E-state index contributed by atoms with van der Waals surface area (Å²) in [6.07, 6.45) is 0. The summed E-state index contributed by atoms with van der Waals surface area (Å²) in [7, 11) is 3.81. The van der Waals surface area contributed by atoms with Crippen molar-refractivity contribution in [1.29, 1.82) is 0 Å². The topological polar surface area (TPSA) is 50.4 Å². The van der Waals surface area contributed by atoms with Gasteiger partial charge in [0.1, 0.15) is 0 Å². The number of hydrogen-bond acceptors (Lipinski definition) is 4. The molecule has 1 aliphatic heterocycles. The van der Waals surface area contributed by atoms with Gasteiger partial charge in [-0.05, 0) is 18.2 Å². The largest absolute Gasteiger partial charge is 0.419 e. The lowest BCUT2D eigenvalue weighted by molar-refractivity contribution is 0.353. The summed E-state index contributed by atoms with van der Waals surface area (Å²) in [5.74, 6) is 0.409. The summed E-state index contributed by atoms with van der Waals surface area (Å²) in [6.45, 7) is 3.22. The maximum Gasteiger partial charge on any atom is 0.419 e. The molecule has 3 rings (SSSR count). The van der Waals surface area contributed by atoms with E-state index in [1.54, 1.807) is 7.05 Å². The van der Waals surface area contributed by atoms with Crippen molar-refractivity contribution in [3.05, 3.63) is 28.7 Å². The van der Waals surface area contributed by atoms with E-state index >= 15 is 0 Å². The second-order valence-electron chi connectivity index (χ2n) is 4.98. The molecule has 18 heavy (non-hydrogen) atoms. The van der Waals surface area contributed by atoms with Gasteiger partial charge < -0.3 is 14.6 Å². The highest BCUT2D eigenvalue weighted by molar-refractivity contribution is 5.77. The van der Waals surface area contributed by atoms with E-state index in [0.29, 0.717) is 5.58 Å². The fraction of sp³-hybridized carbons (Fsp3) is 0.462. The van der Waals surface area contributed by atoms with Crippen LogP contribution in [0.2, 0.25) is 0 Å². The van der Waals surface area contributed by atoms with Crippen LogP contribution in [0.1, 0.15) is 0 Å². The lowest BCUT2D eigenvalue weighted by Gasteiger charge is -2.32. The van der Waals surface area contributed by atoms with Crippen LogP contribution in [0.4, 0.5) is 5.69 Å². The molecule has 0 amide bonds. The maximum absolute atomic E-state index is 11.4. The van der Waals surface area contributed by atoms with Crippen LogP contribution in [0.25, 0.3) is 11.1 Å². The van der Waals surface area contributed by atoms with Crippen LogP contribution in [0.3, 0.4) is 0 Å². The number of aromatic nitrogens is 1. The average molecular weight is 247 g/mol. The van der Waals surface area contributed by atoms with Crippen molar-refractivity contribution in [3.63, 3.8) is 0 Å². The summed E-state index contributed by atoms with van der Waals surface area (Å²) < 4.78 is 6.66. The SMILES string of the molecule is CN(CC1CNC1)c1ccc2oc(=O)n(C)c2c1. The van der Waals surface area contributed by atoms with E-state index in [9.17, 15) is 4.79 Å². The molecule has 0 spiro atoms. The van der Waals surface area contributed by atoms with Gasteiger partial charge in [0.15, 0.2) is 5.58 Å². The van der Waals surface area contributed by atoms with Gasteiger partial charge in [-0.1, -0.05) is 0 Å². The molecular formula is C13H17N3O2. The van der Waals surface area contributed by atoms with Gasteiger partial charge in [-0.3, -0.25) is 4.57 Å².